The molecule has 0 amide bonds. The summed E-state index contributed by atoms with van der Waals surface area (Å²) in [5.74, 6) is -0.272. The van der Waals surface area contributed by atoms with Gasteiger partial charge in [0.2, 0.25) is 0 Å². The molecule has 102 valence electrons. The van der Waals surface area contributed by atoms with Gasteiger partial charge in [0.15, 0.2) is 11.6 Å². The van der Waals surface area contributed by atoms with Crippen molar-refractivity contribution in [2.75, 3.05) is 20.6 Å². The van der Waals surface area contributed by atoms with Crippen molar-refractivity contribution in [3.63, 3.8) is 0 Å². The van der Waals surface area contributed by atoms with E-state index in [1.165, 1.54) is 6.92 Å². The van der Waals surface area contributed by atoms with Gasteiger partial charge >= 0.3 is 0 Å². The number of ketones is 2. The highest BCUT2D eigenvalue weighted by atomic mass is 16.1. The molecule has 0 fully saturated rings. The Kier molecular flexibility index (Phi) is 5.64. The van der Waals surface area contributed by atoms with E-state index < -0.39 is 0 Å². The quantitative estimate of drug-likeness (QED) is 0.447. The second-order valence-electron chi connectivity index (χ2n) is 5.00. The molecule has 0 saturated heterocycles. The third kappa shape index (κ3) is 5.18. The number of hydrogen-bond donors (Lipinski definition) is 0. The van der Waals surface area contributed by atoms with Crippen molar-refractivity contribution < 1.29 is 9.59 Å². The summed E-state index contributed by atoms with van der Waals surface area (Å²) in [7, 11) is 3.81. The number of aryl methyl sites for hydroxylation is 1. The summed E-state index contributed by atoms with van der Waals surface area (Å²) >= 11 is 0. The Morgan fingerprint density at radius 3 is 2.21 bits per heavy atom. The normalized spacial score (nSPS) is 11.7. The summed E-state index contributed by atoms with van der Waals surface area (Å²) in [5, 5.41) is 0. The third-order valence-corrected chi connectivity index (χ3v) is 2.85. The number of allylic oxidation sites excluding steroid dienone is 1. The Bertz CT molecular complexity index is 484. The van der Waals surface area contributed by atoms with Crippen molar-refractivity contribution >= 4 is 17.6 Å². The van der Waals surface area contributed by atoms with Gasteiger partial charge in [-0.2, -0.15) is 0 Å². The minimum atomic E-state index is -0.177. The Morgan fingerprint density at radius 1 is 1.16 bits per heavy atom. The minimum Gasteiger partial charge on any atom is -0.309 e. The van der Waals surface area contributed by atoms with Crippen LogP contribution in [-0.4, -0.2) is 37.1 Å². The summed E-state index contributed by atoms with van der Waals surface area (Å²) < 4.78 is 0. The van der Waals surface area contributed by atoms with Crippen LogP contribution in [0, 0.1) is 6.92 Å². The van der Waals surface area contributed by atoms with Gasteiger partial charge < -0.3 is 4.90 Å². The van der Waals surface area contributed by atoms with Crippen molar-refractivity contribution in [1.29, 1.82) is 0 Å². The van der Waals surface area contributed by atoms with Gasteiger partial charge in [-0.3, -0.25) is 9.59 Å². The van der Waals surface area contributed by atoms with Crippen molar-refractivity contribution in [1.82, 2.24) is 4.90 Å². The first-order valence-corrected chi connectivity index (χ1v) is 6.37. The number of rotatable bonds is 6. The maximum atomic E-state index is 12.0. The largest absolute Gasteiger partial charge is 0.309 e. The Balaban J connectivity index is 2.91. The van der Waals surface area contributed by atoms with Crippen LogP contribution < -0.4 is 0 Å². The molecule has 0 radical (unpaired) electrons. The highest BCUT2D eigenvalue weighted by Gasteiger charge is 2.14. The molecular weight excluding hydrogens is 238 g/mol. The molecule has 3 heteroatoms. The number of Topliss-reactive ketones (excluding diaryl/α,β-unsaturated/α-hetero) is 2. The van der Waals surface area contributed by atoms with Gasteiger partial charge in [-0.15, -0.1) is 0 Å². The molecule has 19 heavy (non-hydrogen) atoms. The Labute approximate surface area is 114 Å². The number of nitrogens with zero attached hydrogens (tertiary/aromatic N) is 1. The number of benzene rings is 1. The molecular formula is C16H21NO2. The standard InChI is InChI=1S/C16H21NO2/c1-12-5-7-14(8-6-12)11-15(13(2)18)16(19)9-10-17(3)4/h5-8,11H,9-10H2,1-4H3/b15-11-. The highest BCUT2D eigenvalue weighted by molar-refractivity contribution is 6.22. The molecule has 0 aliphatic rings. The van der Waals surface area contributed by atoms with Crippen molar-refractivity contribution in [2.45, 2.75) is 20.3 Å². The van der Waals surface area contributed by atoms with Crippen LogP contribution >= 0.6 is 0 Å². The summed E-state index contributed by atoms with van der Waals surface area (Å²) in [4.78, 5) is 25.6. The molecule has 0 spiro atoms. The molecule has 3 nitrogen and oxygen atoms in total. The third-order valence-electron chi connectivity index (χ3n) is 2.85. The first-order valence-electron chi connectivity index (χ1n) is 6.37. The molecule has 0 aromatic heterocycles. The highest BCUT2D eigenvalue weighted by Crippen LogP contribution is 2.11. The number of hydrogen-bond acceptors (Lipinski definition) is 3. The summed E-state index contributed by atoms with van der Waals surface area (Å²) in [6, 6.07) is 7.76. The SMILES string of the molecule is CC(=O)/C(=C/c1ccc(C)cc1)C(=O)CCN(C)C. The first kappa shape index (κ1) is 15.3. The number of carbonyl (C=O) groups is 2. The van der Waals surface area contributed by atoms with E-state index >= 15 is 0 Å². The lowest BCUT2D eigenvalue weighted by molar-refractivity contribution is -0.120. The first-order chi connectivity index (χ1) is 8.90. The molecule has 1 aromatic carbocycles. The van der Waals surface area contributed by atoms with Crippen LogP contribution in [0.3, 0.4) is 0 Å². The van der Waals surface area contributed by atoms with Crippen molar-refractivity contribution in [2.24, 2.45) is 0 Å². The van der Waals surface area contributed by atoms with Crippen LogP contribution in [0.5, 0.6) is 0 Å². The van der Waals surface area contributed by atoms with E-state index in [1.54, 1.807) is 6.08 Å². The average Bonchev–Trinajstić information content (AvgIpc) is 2.34. The lowest BCUT2D eigenvalue weighted by Crippen LogP contribution is -2.19. The van der Waals surface area contributed by atoms with E-state index in [1.807, 2.05) is 50.2 Å². The molecule has 0 aliphatic carbocycles. The zero-order chi connectivity index (χ0) is 14.4. The zero-order valence-electron chi connectivity index (χ0n) is 12.1. The molecule has 0 saturated carbocycles. The smallest absolute Gasteiger partial charge is 0.167 e. The molecule has 0 aliphatic heterocycles. The summed E-state index contributed by atoms with van der Waals surface area (Å²) in [5.41, 5.74) is 2.32. The van der Waals surface area contributed by atoms with Crippen LogP contribution in [0.25, 0.3) is 6.08 Å². The molecule has 0 unspecified atom stereocenters. The maximum Gasteiger partial charge on any atom is 0.167 e. The van der Waals surface area contributed by atoms with Gasteiger partial charge in [0.1, 0.15) is 0 Å². The summed E-state index contributed by atoms with van der Waals surface area (Å²) in [6.45, 7) is 4.09. The van der Waals surface area contributed by atoms with E-state index in [9.17, 15) is 9.59 Å². The van der Waals surface area contributed by atoms with Gasteiger partial charge in [-0.25, -0.2) is 0 Å². The number of carbonyl (C=O) groups excluding carboxylic acids is 2. The van der Waals surface area contributed by atoms with Crippen molar-refractivity contribution in [3.8, 4) is 0 Å². The van der Waals surface area contributed by atoms with Gasteiger partial charge in [0, 0.05) is 13.0 Å². The van der Waals surface area contributed by atoms with E-state index in [2.05, 4.69) is 0 Å². The summed E-state index contributed by atoms with van der Waals surface area (Å²) in [6.07, 6.45) is 2.05. The topological polar surface area (TPSA) is 37.4 Å². The zero-order valence-corrected chi connectivity index (χ0v) is 12.1. The predicted molar refractivity (Wildman–Crippen MR) is 78.0 cm³/mol. The minimum absolute atomic E-state index is 0.0956. The van der Waals surface area contributed by atoms with Crippen molar-refractivity contribution in [3.05, 3.63) is 41.0 Å². The van der Waals surface area contributed by atoms with Crippen LogP contribution in [0.15, 0.2) is 29.8 Å². The van der Waals surface area contributed by atoms with E-state index in [0.29, 0.717) is 13.0 Å². The van der Waals surface area contributed by atoms with Gasteiger partial charge in [-0.1, -0.05) is 29.8 Å². The molecule has 0 bridgehead atoms. The van der Waals surface area contributed by atoms with E-state index in [4.69, 9.17) is 0 Å². The molecule has 1 aromatic rings. The average molecular weight is 259 g/mol. The Morgan fingerprint density at radius 2 is 1.74 bits per heavy atom. The fourth-order valence-corrected chi connectivity index (χ4v) is 1.67. The van der Waals surface area contributed by atoms with Crippen LogP contribution in [0.2, 0.25) is 0 Å². The fourth-order valence-electron chi connectivity index (χ4n) is 1.67. The monoisotopic (exact) mass is 259 g/mol. The van der Waals surface area contributed by atoms with Crippen LogP contribution in [-0.2, 0) is 9.59 Å². The second-order valence-corrected chi connectivity index (χ2v) is 5.00. The lowest BCUT2D eigenvalue weighted by Gasteiger charge is -2.09. The van der Waals surface area contributed by atoms with Crippen LogP contribution in [0.4, 0.5) is 0 Å². The molecule has 0 heterocycles. The predicted octanol–water partition coefficient (Wildman–Crippen LogP) is 2.49. The van der Waals surface area contributed by atoms with Gasteiger partial charge in [0.25, 0.3) is 0 Å². The van der Waals surface area contributed by atoms with E-state index in [0.717, 1.165) is 11.1 Å². The molecule has 1 rings (SSSR count). The van der Waals surface area contributed by atoms with Gasteiger partial charge in [0.05, 0.1) is 5.57 Å². The Hall–Kier alpha value is -1.74. The maximum absolute atomic E-state index is 12.0. The van der Waals surface area contributed by atoms with Crippen LogP contribution in [0.1, 0.15) is 24.5 Å². The van der Waals surface area contributed by atoms with Gasteiger partial charge in [-0.05, 0) is 39.6 Å². The second kappa shape index (κ2) is 7.00. The molecule has 0 N–H and O–H groups in total. The fraction of sp³-hybridized carbons (Fsp3) is 0.375. The van der Waals surface area contributed by atoms with E-state index in [-0.39, 0.29) is 17.1 Å². The molecule has 0 atom stereocenters. The lowest BCUT2D eigenvalue weighted by atomic mass is 10.0.